The fourth-order valence-corrected chi connectivity index (χ4v) is 4.83. The van der Waals surface area contributed by atoms with Crippen molar-refractivity contribution < 1.29 is 12.8 Å². The van der Waals surface area contributed by atoms with Gasteiger partial charge >= 0.3 is 0 Å². The molecule has 0 unspecified atom stereocenters. The van der Waals surface area contributed by atoms with E-state index in [1.807, 2.05) is 13.8 Å². The van der Waals surface area contributed by atoms with Gasteiger partial charge in [0.2, 0.25) is 10.0 Å². The summed E-state index contributed by atoms with van der Waals surface area (Å²) in [5.41, 5.74) is 1.98. The second kappa shape index (κ2) is 9.82. The lowest BCUT2D eigenvalue weighted by molar-refractivity contribution is 0.582. The van der Waals surface area contributed by atoms with Gasteiger partial charge in [0.15, 0.2) is 5.96 Å². The van der Waals surface area contributed by atoms with Crippen LogP contribution in [0.3, 0.4) is 0 Å². The topological polar surface area (TPSA) is 82.6 Å². The third-order valence-corrected chi connectivity index (χ3v) is 6.86. The molecular formula is C18H25FN4O2S2. The lowest BCUT2D eigenvalue weighted by atomic mass is 10.1. The summed E-state index contributed by atoms with van der Waals surface area (Å²) < 4.78 is 40.3. The first-order valence-electron chi connectivity index (χ1n) is 8.57. The van der Waals surface area contributed by atoms with E-state index in [1.165, 1.54) is 23.5 Å². The minimum absolute atomic E-state index is 0.234. The standard InChI is InChI=1S/C18H25FN4O2S2/c1-13-12-16(19)6-5-15(13)8-9-21-18(20-3)22-10-11-23-27(24,25)17-7-4-14(2)26-17/h4-7,12,23H,8-11H2,1-3H3,(H2,20,21,22). The molecule has 0 aliphatic carbocycles. The highest BCUT2D eigenvalue weighted by Crippen LogP contribution is 2.19. The van der Waals surface area contributed by atoms with Gasteiger partial charge in [-0.25, -0.2) is 17.5 Å². The van der Waals surface area contributed by atoms with Crippen molar-refractivity contribution in [1.29, 1.82) is 0 Å². The molecule has 0 aliphatic rings. The predicted octanol–water partition coefficient (Wildman–Crippen LogP) is 2.19. The number of hydrogen-bond donors (Lipinski definition) is 3. The summed E-state index contributed by atoms with van der Waals surface area (Å²) in [5.74, 6) is 0.350. The van der Waals surface area contributed by atoms with Gasteiger partial charge in [-0.1, -0.05) is 6.07 Å². The van der Waals surface area contributed by atoms with Crippen LogP contribution in [0.4, 0.5) is 4.39 Å². The van der Waals surface area contributed by atoms with Crippen molar-refractivity contribution in [2.24, 2.45) is 4.99 Å². The Kier molecular flexibility index (Phi) is 7.76. The molecule has 0 radical (unpaired) electrons. The van der Waals surface area contributed by atoms with E-state index in [9.17, 15) is 12.8 Å². The number of nitrogens with one attached hydrogen (secondary N) is 3. The fourth-order valence-electron chi connectivity index (χ4n) is 2.47. The van der Waals surface area contributed by atoms with Gasteiger partial charge in [0.25, 0.3) is 0 Å². The molecule has 9 heteroatoms. The zero-order valence-corrected chi connectivity index (χ0v) is 17.3. The Morgan fingerprint density at radius 2 is 1.85 bits per heavy atom. The van der Waals surface area contributed by atoms with E-state index in [-0.39, 0.29) is 12.4 Å². The van der Waals surface area contributed by atoms with Crippen LogP contribution < -0.4 is 15.4 Å². The zero-order chi connectivity index (χ0) is 19.9. The SMILES string of the molecule is CN=C(NCCNS(=O)(=O)c1ccc(C)s1)NCCc1ccc(F)cc1C. The Hall–Kier alpha value is -1.97. The number of thiophene rings is 1. The molecule has 27 heavy (non-hydrogen) atoms. The highest BCUT2D eigenvalue weighted by molar-refractivity contribution is 7.91. The second-order valence-electron chi connectivity index (χ2n) is 6.01. The maximum atomic E-state index is 13.1. The molecule has 1 aromatic carbocycles. The number of aliphatic imine (C=N–C) groups is 1. The van der Waals surface area contributed by atoms with Gasteiger partial charge in [-0.05, 0) is 55.7 Å². The summed E-state index contributed by atoms with van der Waals surface area (Å²) in [6.07, 6.45) is 0.733. The zero-order valence-electron chi connectivity index (χ0n) is 15.7. The third kappa shape index (κ3) is 6.60. The third-order valence-electron chi connectivity index (χ3n) is 3.91. The van der Waals surface area contributed by atoms with Crippen LogP contribution in [-0.4, -0.2) is 41.1 Å². The lowest BCUT2D eigenvalue weighted by Gasteiger charge is -2.13. The average Bonchev–Trinajstić information content (AvgIpc) is 3.06. The molecule has 0 saturated carbocycles. The molecule has 3 N–H and O–H groups in total. The van der Waals surface area contributed by atoms with E-state index in [0.29, 0.717) is 23.3 Å². The fraction of sp³-hybridized carbons (Fsp3) is 0.389. The van der Waals surface area contributed by atoms with Crippen molar-refractivity contribution >= 4 is 27.3 Å². The van der Waals surface area contributed by atoms with Gasteiger partial charge in [-0.2, -0.15) is 0 Å². The monoisotopic (exact) mass is 412 g/mol. The Labute approximate surface area is 164 Å². The van der Waals surface area contributed by atoms with Crippen LogP contribution in [0.5, 0.6) is 0 Å². The number of rotatable bonds is 8. The highest BCUT2D eigenvalue weighted by atomic mass is 32.2. The van der Waals surface area contributed by atoms with Crippen molar-refractivity contribution in [3.8, 4) is 0 Å². The van der Waals surface area contributed by atoms with Crippen molar-refractivity contribution in [3.05, 3.63) is 52.2 Å². The molecular weight excluding hydrogens is 387 g/mol. The molecule has 0 amide bonds. The first-order valence-corrected chi connectivity index (χ1v) is 10.9. The van der Waals surface area contributed by atoms with E-state index in [0.717, 1.165) is 22.4 Å². The Morgan fingerprint density at radius 3 is 2.48 bits per heavy atom. The van der Waals surface area contributed by atoms with E-state index in [1.54, 1.807) is 25.2 Å². The van der Waals surface area contributed by atoms with Crippen LogP contribution >= 0.6 is 11.3 Å². The smallest absolute Gasteiger partial charge is 0.250 e. The molecule has 2 aromatic rings. The molecule has 6 nitrogen and oxygen atoms in total. The van der Waals surface area contributed by atoms with Gasteiger partial charge in [0, 0.05) is 31.6 Å². The number of benzene rings is 1. The molecule has 0 spiro atoms. The minimum Gasteiger partial charge on any atom is -0.356 e. The first kappa shape index (κ1) is 21.3. The molecule has 1 heterocycles. The van der Waals surface area contributed by atoms with Gasteiger partial charge in [0.1, 0.15) is 10.0 Å². The van der Waals surface area contributed by atoms with E-state index < -0.39 is 10.0 Å². The normalized spacial score (nSPS) is 12.2. The average molecular weight is 413 g/mol. The Bertz CT molecular complexity index is 895. The van der Waals surface area contributed by atoms with Crippen molar-refractivity contribution in [2.75, 3.05) is 26.7 Å². The number of aryl methyl sites for hydroxylation is 2. The maximum absolute atomic E-state index is 13.1. The van der Waals surface area contributed by atoms with Crippen LogP contribution in [0.25, 0.3) is 0 Å². The summed E-state index contributed by atoms with van der Waals surface area (Å²) >= 11 is 1.24. The van der Waals surface area contributed by atoms with Crippen molar-refractivity contribution in [2.45, 2.75) is 24.5 Å². The van der Waals surface area contributed by atoms with Gasteiger partial charge in [-0.15, -0.1) is 11.3 Å². The molecule has 2 rings (SSSR count). The van der Waals surface area contributed by atoms with Crippen LogP contribution in [0.2, 0.25) is 0 Å². The van der Waals surface area contributed by atoms with Crippen LogP contribution in [0.15, 0.2) is 39.5 Å². The molecule has 1 aromatic heterocycles. The number of hydrogen-bond acceptors (Lipinski definition) is 4. The quantitative estimate of drug-likeness (QED) is 0.353. The van der Waals surface area contributed by atoms with Gasteiger partial charge in [0.05, 0.1) is 0 Å². The van der Waals surface area contributed by atoms with Gasteiger partial charge < -0.3 is 10.6 Å². The maximum Gasteiger partial charge on any atom is 0.250 e. The summed E-state index contributed by atoms with van der Waals surface area (Å²) in [5, 5.41) is 6.23. The number of halogens is 1. The molecule has 0 fully saturated rings. The Morgan fingerprint density at radius 1 is 1.11 bits per heavy atom. The summed E-state index contributed by atoms with van der Waals surface area (Å²) in [7, 11) is -1.82. The molecule has 0 bridgehead atoms. The van der Waals surface area contributed by atoms with Crippen LogP contribution in [-0.2, 0) is 16.4 Å². The van der Waals surface area contributed by atoms with Crippen LogP contribution in [0.1, 0.15) is 16.0 Å². The number of guanidine groups is 1. The molecule has 0 aliphatic heterocycles. The molecule has 148 valence electrons. The molecule has 0 atom stereocenters. The molecule has 0 saturated heterocycles. The highest BCUT2D eigenvalue weighted by Gasteiger charge is 2.15. The second-order valence-corrected chi connectivity index (χ2v) is 9.29. The Balaban J connectivity index is 1.72. The van der Waals surface area contributed by atoms with Crippen molar-refractivity contribution in [3.63, 3.8) is 0 Å². The summed E-state index contributed by atoms with van der Waals surface area (Å²) in [6.45, 7) is 5.03. The van der Waals surface area contributed by atoms with Gasteiger partial charge in [-0.3, -0.25) is 4.99 Å². The lowest BCUT2D eigenvalue weighted by Crippen LogP contribution is -2.42. The summed E-state index contributed by atoms with van der Waals surface area (Å²) in [6, 6.07) is 8.14. The largest absolute Gasteiger partial charge is 0.356 e. The first-order chi connectivity index (χ1) is 12.8. The van der Waals surface area contributed by atoms with E-state index >= 15 is 0 Å². The van der Waals surface area contributed by atoms with E-state index in [2.05, 4.69) is 20.3 Å². The predicted molar refractivity (Wildman–Crippen MR) is 108 cm³/mol. The van der Waals surface area contributed by atoms with Crippen LogP contribution in [0, 0.1) is 19.7 Å². The summed E-state index contributed by atoms with van der Waals surface area (Å²) in [4.78, 5) is 5.06. The van der Waals surface area contributed by atoms with Crippen molar-refractivity contribution in [1.82, 2.24) is 15.4 Å². The number of nitrogens with zero attached hydrogens (tertiary/aromatic N) is 1. The minimum atomic E-state index is -3.47. The van der Waals surface area contributed by atoms with E-state index in [4.69, 9.17) is 0 Å². The number of sulfonamides is 1.